The van der Waals surface area contributed by atoms with Crippen molar-refractivity contribution in [3.8, 4) is 0 Å². The molecule has 0 bridgehead atoms. The summed E-state index contributed by atoms with van der Waals surface area (Å²) in [7, 11) is 1.73. The second-order valence-electron chi connectivity index (χ2n) is 3.23. The van der Waals surface area contributed by atoms with Gasteiger partial charge in [-0.3, -0.25) is 4.79 Å². The minimum atomic E-state index is 0.0727. The van der Waals surface area contributed by atoms with Gasteiger partial charge in [-0.25, -0.2) is 4.68 Å². The van der Waals surface area contributed by atoms with Gasteiger partial charge in [-0.15, -0.1) is 5.10 Å². The monoisotopic (exact) mass is 259 g/mol. The van der Waals surface area contributed by atoms with Gasteiger partial charge in [0.25, 0.3) is 0 Å². The van der Waals surface area contributed by atoms with E-state index in [1.807, 2.05) is 13.8 Å². The molecular formula is C9H14BrN3O. The number of carbonyl (C=O) groups is 1. The second kappa shape index (κ2) is 4.68. The fourth-order valence-corrected chi connectivity index (χ4v) is 1.97. The molecule has 0 unspecified atom stereocenters. The molecule has 0 aliphatic heterocycles. The van der Waals surface area contributed by atoms with Crippen molar-refractivity contribution in [2.75, 3.05) is 0 Å². The zero-order chi connectivity index (χ0) is 10.7. The van der Waals surface area contributed by atoms with E-state index in [-0.39, 0.29) is 11.7 Å². The summed E-state index contributed by atoms with van der Waals surface area (Å²) in [5.74, 6) is 0.192. The molecule has 0 saturated carbocycles. The van der Waals surface area contributed by atoms with Crippen LogP contribution in [-0.2, 0) is 7.05 Å². The lowest BCUT2D eigenvalue weighted by Crippen LogP contribution is -2.17. The van der Waals surface area contributed by atoms with E-state index in [2.05, 4.69) is 26.2 Å². The highest BCUT2D eigenvalue weighted by atomic mass is 79.9. The average molecular weight is 260 g/mol. The molecule has 1 aromatic heterocycles. The van der Waals surface area contributed by atoms with E-state index in [0.29, 0.717) is 10.3 Å². The number of hydrogen-bond donors (Lipinski definition) is 0. The number of ketones is 1. The molecule has 0 radical (unpaired) electrons. The highest BCUT2D eigenvalue weighted by Crippen LogP contribution is 2.20. The average Bonchev–Trinajstić information content (AvgIpc) is 2.48. The Bertz CT molecular complexity index is 311. The van der Waals surface area contributed by atoms with Gasteiger partial charge in [0.2, 0.25) is 0 Å². The highest BCUT2D eigenvalue weighted by molar-refractivity contribution is 9.10. The minimum absolute atomic E-state index is 0.0727. The van der Waals surface area contributed by atoms with E-state index < -0.39 is 0 Å². The van der Waals surface area contributed by atoms with Gasteiger partial charge in [-0.1, -0.05) is 19.1 Å². The molecule has 1 aromatic rings. The fraction of sp³-hybridized carbons (Fsp3) is 0.667. The van der Waals surface area contributed by atoms with E-state index in [1.54, 1.807) is 7.05 Å². The molecule has 0 fully saturated rings. The number of carbonyl (C=O) groups excluding carboxylic acids is 1. The maximum absolute atomic E-state index is 12.0. The number of aryl methyl sites for hydroxylation is 1. The molecule has 0 aromatic carbocycles. The van der Waals surface area contributed by atoms with Gasteiger partial charge in [-0.05, 0) is 28.8 Å². The Morgan fingerprint density at radius 2 is 2.07 bits per heavy atom. The molecule has 1 rings (SSSR count). The van der Waals surface area contributed by atoms with Gasteiger partial charge < -0.3 is 0 Å². The van der Waals surface area contributed by atoms with E-state index in [4.69, 9.17) is 0 Å². The molecule has 0 spiro atoms. The summed E-state index contributed by atoms with van der Waals surface area (Å²) >= 11 is 3.23. The molecule has 0 saturated heterocycles. The Balaban J connectivity index is 2.99. The molecule has 0 amide bonds. The van der Waals surface area contributed by atoms with Crippen molar-refractivity contribution in [1.29, 1.82) is 0 Å². The van der Waals surface area contributed by atoms with Crippen molar-refractivity contribution in [2.45, 2.75) is 26.7 Å². The summed E-state index contributed by atoms with van der Waals surface area (Å²) in [6.45, 7) is 4.04. The zero-order valence-corrected chi connectivity index (χ0v) is 10.2. The third kappa shape index (κ3) is 2.03. The second-order valence-corrected chi connectivity index (χ2v) is 3.98. The lowest BCUT2D eigenvalue weighted by atomic mass is 9.96. The molecule has 78 valence electrons. The third-order valence-electron chi connectivity index (χ3n) is 2.38. The van der Waals surface area contributed by atoms with Crippen LogP contribution in [0, 0.1) is 5.92 Å². The Kier molecular flexibility index (Phi) is 3.80. The number of nitrogens with zero attached hydrogens (tertiary/aromatic N) is 3. The quantitative estimate of drug-likeness (QED) is 0.779. The van der Waals surface area contributed by atoms with Crippen LogP contribution in [-0.4, -0.2) is 20.8 Å². The summed E-state index contributed by atoms with van der Waals surface area (Å²) in [5.41, 5.74) is 0.568. The molecule has 0 aliphatic carbocycles. The topological polar surface area (TPSA) is 47.8 Å². The van der Waals surface area contributed by atoms with Crippen molar-refractivity contribution in [2.24, 2.45) is 13.0 Å². The molecule has 4 nitrogen and oxygen atoms in total. The number of hydrogen-bond acceptors (Lipinski definition) is 3. The van der Waals surface area contributed by atoms with E-state index >= 15 is 0 Å². The van der Waals surface area contributed by atoms with Crippen LogP contribution >= 0.6 is 15.9 Å². The lowest BCUT2D eigenvalue weighted by Gasteiger charge is -2.10. The largest absolute Gasteiger partial charge is 0.292 e. The van der Waals surface area contributed by atoms with Crippen molar-refractivity contribution < 1.29 is 4.79 Å². The first kappa shape index (κ1) is 11.4. The van der Waals surface area contributed by atoms with Gasteiger partial charge in [-0.2, -0.15) is 0 Å². The van der Waals surface area contributed by atoms with Crippen molar-refractivity contribution in [3.05, 3.63) is 10.3 Å². The van der Waals surface area contributed by atoms with Crippen molar-refractivity contribution >= 4 is 21.7 Å². The standard InChI is InChI=1S/C9H14BrN3O/c1-4-6(5-2)8(14)7-9(10)11-12-13(7)3/h6H,4-5H2,1-3H3. The summed E-state index contributed by atoms with van der Waals surface area (Å²) in [6, 6.07) is 0. The van der Waals surface area contributed by atoms with Crippen LogP contribution < -0.4 is 0 Å². The third-order valence-corrected chi connectivity index (χ3v) is 2.91. The van der Waals surface area contributed by atoms with E-state index in [0.717, 1.165) is 12.8 Å². The van der Waals surface area contributed by atoms with Crippen LogP contribution in [0.25, 0.3) is 0 Å². The van der Waals surface area contributed by atoms with Crippen LogP contribution in [0.4, 0.5) is 0 Å². The smallest absolute Gasteiger partial charge is 0.186 e. The molecule has 14 heavy (non-hydrogen) atoms. The first-order valence-corrected chi connectivity index (χ1v) is 5.50. The normalized spacial score (nSPS) is 10.9. The predicted octanol–water partition coefficient (Wildman–Crippen LogP) is 2.20. The Labute approximate surface area is 91.8 Å². The van der Waals surface area contributed by atoms with Crippen LogP contribution in [0.1, 0.15) is 37.2 Å². The SMILES string of the molecule is CCC(CC)C(=O)c1c(Br)nnn1C. The number of Topliss-reactive ketones (excluding diaryl/α,β-unsaturated/α-hetero) is 1. The summed E-state index contributed by atoms with van der Waals surface area (Å²) < 4.78 is 2.06. The molecule has 0 aliphatic rings. The van der Waals surface area contributed by atoms with Crippen molar-refractivity contribution in [1.82, 2.24) is 15.0 Å². The van der Waals surface area contributed by atoms with Gasteiger partial charge in [0.1, 0.15) is 5.69 Å². The number of aromatic nitrogens is 3. The van der Waals surface area contributed by atoms with Crippen molar-refractivity contribution in [3.63, 3.8) is 0 Å². The molecule has 0 atom stereocenters. The Morgan fingerprint density at radius 1 is 1.50 bits per heavy atom. The van der Waals surface area contributed by atoms with E-state index in [1.165, 1.54) is 4.68 Å². The Hall–Kier alpha value is -0.710. The van der Waals surface area contributed by atoms with Crippen LogP contribution in [0.15, 0.2) is 4.60 Å². The van der Waals surface area contributed by atoms with Gasteiger partial charge in [0, 0.05) is 13.0 Å². The van der Waals surface area contributed by atoms with Crippen LogP contribution in [0.2, 0.25) is 0 Å². The molecule has 5 heteroatoms. The lowest BCUT2D eigenvalue weighted by molar-refractivity contribution is 0.0903. The van der Waals surface area contributed by atoms with Gasteiger partial charge in [0.05, 0.1) is 0 Å². The summed E-state index contributed by atoms with van der Waals surface area (Å²) in [6.07, 6.45) is 1.71. The van der Waals surface area contributed by atoms with Crippen LogP contribution in [0.3, 0.4) is 0 Å². The summed E-state index contributed by atoms with van der Waals surface area (Å²) in [5, 5.41) is 7.58. The first-order valence-electron chi connectivity index (χ1n) is 4.71. The maximum atomic E-state index is 12.0. The Morgan fingerprint density at radius 3 is 2.43 bits per heavy atom. The van der Waals surface area contributed by atoms with E-state index in [9.17, 15) is 4.79 Å². The zero-order valence-electron chi connectivity index (χ0n) is 8.62. The molecular weight excluding hydrogens is 246 g/mol. The predicted molar refractivity (Wildman–Crippen MR) is 57.1 cm³/mol. The highest BCUT2D eigenvalue weighted by Gasteiger charge is 2.23. The minimum Gasteiger partial charge on any atom is -0.292 e. The van der Waals surface area contributed by atoms with Gasteiger partial charge >= 0.3 is 0 Å². The molecule has 0 N–H and O–H groups in total. The molecule has 1 heterocycles. The van der Waals surface area contributed by atoms with Crippen LogP contribution in [0.5, 0.6) is 0 Å². The van der Waals surface area contributed by atoms with Gasteiger partial charge in [0.15, 0.2) is 10.4 Å². The maximum Gasteiger partial charge on any atom is 0.186 e. The fourth-order valence-electron chi connectivity index (χ4n) is 1.45. The number of halogens is 1. The first-order chi connectivity index (χ1) is 6.61. The summed E-state index contributed by atoms with van der Waals surface area (Å²) in [4.78, 5) is 12.0. The number of rotatable bonds is 4.